The first-order chi connectivity index (χ1) is 7.93. The first-order valence-electron chi connectivity index (χ1n) is 5.36. The number of morpholine rings is 1. The molecular formula is C10H18INOS3. The van der Waals surface area contributed by atoms with Crippen LogP contribution in [0, 0.1) is 0 Å². The molecule has 1 rings (SSSR count). The summed E-state index contributed by atoms with van der Waals surface area (Å²) in [7, 11) is 5.77. The molecule has 16 heavy (non-hydrogen) atoms. The van der Waals surface area contributed by atoms with Crippen molar-refractivity contribution in [3.63, 3.8) is 0 Å². The predicted octanol–water partition coefficient (Wildman–Crippen LogP) is 3.34. The van der Waals surface area contributed by atoms with Gasteiger partial charge in [-0.05, 0) is 21.2 Å². The maximum absolute atomic E-state index is 5.32. The molecule has 6 heteroatoms. The van der Waals surface area contributed by atoms with Gasteiger partial charge < -0.3 is 4.74 Å². The summed E-state index contributed by atoms with van der Waals surface area (Å²) >= 11 is 2.32. The molecule has 0 aliphatic carbocycles. The number of hydrogen-bond acceptors (Lipinski definition) is 5. The Morgan fingerprint density at radius 1 is 1.12 bits per heavy atom. The topological polar surface area (TPSA) is 12.5 Å². The number of ether oxygens (including phenoxy) is 1. The maximum atomic E-state index is 5.32. The highest BCUT2D eigenvalue weighted by Crippen LogP contribution is 2.21. The molecule has 94 valence electrons. The molecule has 1 heterocycles. The van der Waals surface area contributed by atoms with Gasteiger partial charge in [0, 0.05) is 36.9 Å². The third kappa shape index (κ3) is 8.52. The van der Waals surface area contributed by atoms with Gasteiger partial charge in [-0.3, -0.25) is 4.90 Å². The van der Waals surface area contributed by atoms with Gasteiger partial charge in [-0.15, -0.1) is 0 Å². The van der Waals surface area contributed by atoms with Crippen molar-refractivity contribution >= 4 is 51.7 Å². The molecule has 0 radical (unpaired) electrons. The zero-order valence-corrected chi connectivity index (χ0v) is 13.9. The van der Waals surface area contributed by atoms with Gasteiger partial charge in [-0.25, -0.2) is 0 Å². The molecule has 0 aromatic heterocycles. The highest BCUT2D eigenvalue weighted by molar-refractivity contribution is 14.2. The van der Waals surface area contributed by atoms with Crippen molar-refractivity contribution in [3.05, 3.63) is 12.2 Å². The molecule has 1 aliphatic rings. The van der Waals surface area contributed by atoms with Gasteiger partial charge in [0.05, 0.1) is 13.2 Å². The number of hydrogen-bond donors (Lipinski definition) is 0. The van der Waals surface area contributed by atoms with Crippen molar-refractivity contribution in [1.29, 1.82) is 0 Å². The van der Waals surface area contributed by atoms with E-state index in [0.29, 0.717) is 0 Å². The molecule has 0 spiro atoms. The Hall–Kier alpha value is 1.44. The summed E-state index contributed by atoms with van der Waals surface area (Å²) in [6.45, 7) is 5.24. The lowest BCUT2D eigenvalue weighted by Crippen LogP contribution is -2.37. The van der Waals surface area contributed by atoms with E-state index in [4.69, 9.17) is 4.74 Å². The largest absolute Gasteiger partial charge is 0.379 e. The SMILES string of the molecule is ISC/C=C\CSSCCN1CCOCC1. The Morgan fingerprint density at radius 3 is 2.62 bits per heavy atom. The van der Waals surface area contributed by atoms with Crippen LogP contribution in [0.1, 0.15) is 0 Å². The smallest absolute Gasteiger partial charge is 0.0594 e. The molecule has 1 saturated heterocycles. The van der Waals surface area contributed by atoms with E-state index >= 15 is 0 Å². The summed E-state index contributed by atoms with van der Waals surface area (Å²) in [5.74, 6) is 3.48. The third-order valence-corrected chi connectivity index (χ3v) is 5.82. The normalized spacial score (nSPS) is 18.3. The lowest BCUT2D eigenvalue weighted by atomic mass is 10.4. The fourth-order valence-electron chi connectivity index (χ4n) is 1.31. The summed E-state index contributed by atoms with van der Waals surface area (Å²) in [6, 6.07) is 0. The number of nitrogens with zero attached hydrogens (tertiary/aromatic N) is 1. The zero-order chi connectivity index (χ0) is 11.5. The highest BCUT2D eigenvalue weighted by atomic mass is 127. The van der Waals surface area contributed by atoms with Crippen LogP contribution in [0.15, 0.2) is 12.2 Å². The quantitative estimate of drug-likeness (QED) is 0.272. The van der Waals surface area contributed by atoms with Gasteiger partial charge in [-0.1, -0.05) is 42.7 Å². The molecule has 1 fully saturated rings. The van der Waals surface area contributed by atoms with E-state index in [9.17, 15) is 0 Å². The molecule has 0 aromatic rings. The average molecular weight is 391 g/mol. The molecule has 2 nitrogen and oxygen atoms in total. The average Bonchev–Trinajstić information content (AvgIpc) is 2.34. The van der Waals surface area contributed by atoms with Crippen LogP contribution >= 0.6 is 51.7 Å². The summed E-state index contributed by atoms with van der Waals surface area (Å²) in [5.41, 5.74) is 0. The van der Waals surface area contributed by atoms with E-state index in [1.807, 2.05) is 30.5 Å². The summed E-state index contributed by atoms with van der Waals surface area (Å²) < 4.78 is 5.32. The summed E-state index contributed by atoms with van der Waals surface area (Å²) in [5, 5.41) is 0. The van der Waals surface area contributed by atoms with E-state index < -0.39 is 0 Å². The fourth-order valence-corrected chi connectivity index (χ4v) is 4.00. The van der Waals surface area contributed by atoms with Crippen LogP contribution in [-0.2, 0) is 4.74 Å². The van der Waals surface area contributed by atoms with Crippen LogP contribution in [0.4, 0.5) is 0 Å². The van der Waals surface area contributed by atoms with Gasteiger partial charge in [0.25, 0.3) is 0 Å². The molecule has 1 aliphatic heterocycles. The Labute approximate surface area is 123 Å². The van der Waals surface area contributed by atoms with E-state index in [-0.39, 0.29) is 0 Å². The van der Waals surface area contributed by atoms with Crippen LogP contribution in [0.3, 0.4) is 0 Å². The van der Waals surface area contributed by atoms with Gasteiger partial charge in [0.1, 0.15) is 0 Å². The molecule has 0 saturated carbocycles. The number of rotatable bonds is 8. The second kappa shape index (κ2) is 11.5. The van der Waals surface area contributed by atoms with Crippen LogP contribution in [0.25, 0.3) is 0 Å². The van der Waals surface area contributed by atoms with Gasteiger partial charge >= 0.3 is 0 Å². The Bertz CT molecular complexity index is 189. The van der Waals surface area contributed by atoms with Crippen molar-refractivity contribution in [2.24, 2.45) is 0 Å². The Kier molecular flexibility index (Phi) is 11.2. The summed E-state index contributed by atoms with van der Waals surface area (Å²) in [6.07, 6.45) is 4.50. The van der Waals surface area contributed by atoms with Gasteiger partial charge in [0.2, 0.25) is 0 Å². The maximum Gasteiger partial charge on any atom is 0.0594 e. The molecule has 0 unspecified atom stereocenters. The highest BCUT2D eigenvalue weighted by Gasteiger charge is 2.08. The third-order valence-electron chi connectivity index (χ3n) is 2.17. The van der Waals surface area contributed by atoms with Crippen LogP contribution in [-0.4, -0.2) is 55.0 Å². The first-order valence-corrected chi connectivity index (χ1v) is 11.4. The van der Waals surface area contributed by atoms with E-state index in [0.717, 1.165) is 37.8 Å². The van der Waals surface area contributed by atoms with Crippen molar-refractivity contribution < 1.29 is 4.74 Å². The lowest BCUT2D eigenvalue weighted by Gasteiger charge is -2.26. The lowest BCUT2D eigenvalue weighted by molar-refractivity contribution is 0.0410. The van der Waals surface area contributed by atoms with Crippen LogP contribution in [0.5, 0.6) is 0 Å². The second-order valence-corrected chi connectivity index (χ2v) is 8.35. The minimum atomic E-state index is 0.911. The number of halogens is 1. The molecule has 0 bridgehead atoms. The van der Waals surface area contributed by atoms with Gasteiger partial charge in [0.15, 0.2) is 0 Å². The van der Waals surface area contributed by atoms with Crippen molar-refractivity contribution in [1.82, 2.24) is 4.90 Å². The first kappa shape index (κ1) is 15.5. The van der Waals surface area contributed by atoms with Crippen LogP contribution in [0.2, 0.25) is 0 Å². The van der Waals surface area contributed by atoms with Gasteiger partial charge in [-0.2, -0.15) is 0 Å². The second-order valence-electron chi connectivity index (χ2n) is 3.31. The van der Waals surface area contributed by atoms with E-state index in [1.165, 1.54) is 12.3 Å². The predicted molar refractivity (Wildman–Crippen MR) is 87.8 cm³/mol. The molecule has 0 N–H and O–H groups in total. The van der Waals surface area contributed by atoms with E-state index in [1.54, 1.807) is 0 Å². The minimum Gasteiger partial charge on any atom is -0.379 e. The van der Waals surface area contributed by atoms with Crippen LogP contribution < -0.4 is 0 Å². The zero-order valence-electron chi connectivity index (χ0n) is 9.27. The summed E-state index contributed by atoms with van der Waals surface area (Å²) in [4.78, 5) is 2.49. The minimum absolute atomic E-state index is 0.911. The Morgan fingerprint density at radius 2 is 1.88 bits per heavy atom. The molecule has 0 atom stereocenters. The molecular weight excluding hydrogens is 373 g/mol. The van der Waals surface area contributed by atoms with Crippen molar-refractivity contribution in [2.45, 2.75) is 0 Å². The monoisotopic (exact) mass is 391 g/mol. The van der Waals surface area contributed by atoms with E-state index in [2.05, 4.69) is 38.3 Å². The standard InChI is InChI=1S/C10H18INOS3/c11-14-8-1-2-9-15-16-10-5-12-3-6-13-7-4-12/h1-2H,3-10H2/b2-1-. The fraction of sp³-hybridized carbons (Fsp3) is 0.800. The Balaban J connectivity index is 1.83. The molecule has 0 aromatic carbocycles. The van der Waals surface area contributed by atoms with Crippen molar-refractivity contribution in [3.8, 4) is 0 Å². The molecule has 0 amide bonds. The van der Waals surface area contributed by atoms with Crippen molar-refractivity contribution in [2.75, 3.05) is 50.1 Å².